The van der Waals surface area contributed by atoms with Gasteiger partial charge in [-0.25, -0.2) is 0 Å². The first-order chi connectivity index (χ1) is 13.7. The highest BCUT2D eigenvalue weighted by Crippen LogP contribution is 2.42. The summed E-state index contributed by atoms with van der Waals surface area (Å²) in [6.07, 6.45) is 1.67. The largest absolute Gasteiger partial charge is 0.497 e. The molecule has 1 heterocycles. The molecule has 0 saturated heterocycles. The molecule has 0 aromatic heterocycles. The van der Waals surface area contributed by atoms with Crippen molar-refractivity contribution in [2.45, 2.75) is 83.1 Å². The van der Waals surface area contributed by atoms with Crippen molar-refractivity contribution in [3.63, 3.8) is 0 Å². The molecule has 2 rings (SSSR count). The number of hydrogen-bond donors (Lipinski definition) is 1. The van der Waals surface area contributed by atoms with Gasteiger partial charge in [-0.1, -0.05) is 53.7 Å². The Morgan fingerprint density at radius 3 is 2.10 bits per heavy atom. The highest BCUT2D eigenvalue weighted by molar-refractivity contribution is 6.77. The van der Waals surface area contributed by atoms with Crippen LogP contribution in [0.5, 0.6) is 5.75 Å². The number of ether oxygens (including phenoxy) is 3. The molecule has 1 N–H and O–H groups in total. The molecule has 0 saturated carbocycles. The fourth-order valence-corrected chi connectivity index (χ4v) is 10.1. The summed E-state index contributed by atoms with van der Waals surface area (Å²) in [6.45, 7) is 14.4. The van der Waals surface area contributed by atoms with Gasteiger partial charge in [0.2, 0.25) is 8.32 Å². The molecule has 6 heteroatoms. The molecular weight excluding hydrogens is 384 g/mol. The van der Waals surface area contributed by atoms with Crippen molar-refractivity contribution in [1.82, 2.24) is 0 Å². The minimum Gasteiger partial charge on any atom is -0.497 e. The normalized spacial score (nSPS) is 22.4. The van der Waals surface area contributed by atoms with Gasteiger partial charge in [-0.2, -0.15) is 0 Å². The fraction of sp³-hybridized carbons (Fsp3) is 0.652. The van der Waals surface area contributed by atoms with E-state index in [0.29, 0.717) is 29.8 Å². The average Bonchev–Trinajstić information content (AvgIpc) is 2.67. The molecule has 1 aliphatic heterocycles. The van der Waals surface area contributed by atoms with E-state index in [1.807, 2.05) is 24.3 Å². The molecule has 1 unspecified atom stereocenters. The number of aliphatic hydroxyl groups is 1. The van der Waals surface area contributed by atoms with Crippen LogP contribution in [-0.2, 0) is 20.5 Å². The maximum Gasteiger partial charge on any atom is 0.200 e. The maximum absolute atomic E-state index is 10.5. The second-order valence-electron chi connectivity index (χ2n) is 8.75. The van der Waals surface area contributed by atoms with Crippen molar-refractivity contribution in [2.24, 2.45) is 0 Å². The highest BCUT2D eigenvalue weighted by Gasteiger charge is 2.46. The first kappa shape index (κ1) is 23.9. The molecule has 1 aromatic carbocycles. The summed E-state index contributed by atoms with van der Waals surface area (Å²) in [5, 5.41) is 10.5. The lowest BCUT2D eigenvalue weighted by Gasteiger charge is -2.43. The van der Waals surface area contributed by atoms with Crippen LogP contribution in [-0.4, -0.2) is 45.5 Å². The van der Waals surface area contributed by atoms with E-state index < -0.39 is 20.5 Å². The molecule has 0 amide bonds. The summed E-state index contributed by atoms with van der Waals surface area (Å²) in [7, 11) is -0.370. The third-order valence-electron chi connectivity index (χ3n) is 6.04. The van der Waals surface area contributed by atoms with Crippen molar-refractivity contribution in [3.05, 3.63) is 42.2 Å². The van der Waals surface area contributed by atoms with E-state index in [-0.39, 0.29) is 6.10 Å². The maximum atomic E-state index is 10.5. The van der Waals surface area contributed by atoms with Crippen LogP contribution < -0.4 is 4.74 Å². The van der Waals surface area contributed by atoms with Gasteiger partial charge in [0.05, 0.1) is 26.6 Å². The first-order valence-corrected chi connectivity index (χ1v) is 12.7. The first-order valence-electron chi connectivity index (χ1n) is 10.6. The second kappa shape index (κ2) is 10.6. The lowest BCUT2D eigenvalue weighted by Crippen LogP contribution is -2.52. The van der Waals surface area contributed by atoms with Crippen LogP contribution in [0.2, 0.25) is 16.6 Å². The van der Waals surface area contributed by atoms with Crippen molar-refractivity contribution in [2.75, 3.05) is 13.7 Å². The van der Waals surface area contributed by atoms with E-state index in [2.05, 4.69) is 41.5 Å². The smallest absolute Gasteiger partial charge is 0.200 e. The van der Waals surface area contributed by atoms with Gasteiger partial charge < -0.3 is 23.7 Å². The van der Waals surface area contributed by atoms with Gasteiger partial charge in [0, 0.05) is 0 Å². The number of aliphatic hydroxyl groups excluding tert-OH is 1. The van der Waals surface area contributed by atoms with E-state index in [0.717, 1.165) is 11.3 Å². The third-order valence-corrected chi connectivity index (χ3v) is 12.1. The zero-order chi connectivity index (χ0) is 21.6. The number of benzene rings is 1. The SMILES string of the molecule is COc1ccc(CO[C@H]2C(CO[Si](C(C)C)(C(C)C)C(C)C)OC=C[C@H]2O)cc1. The third kappa shape index (κ3) is 5.63. The van der Waals surface area contributed by atoms with Crippen LogP contribution in [0.4, 0.5) is 0 Å². The fourth-order valence-electron chi connectivity index (χ4n) is 4.61. The van der Waals surface area contributed by atoms with Gasteiger partial charge in [0.15, 0.2) is 0 Å². The molecular formula is C23H38O5Si. The summed E-state index contributed by atoms with van der Waals surface area (Å²) in [5.74, 6) is 0.807. The molecule has 0 spiro atoms. The van der Waals surface area contributed by atoms with Crippen LogP contribution in [0, 0.1) is 0 Å². The molecule has 0 fully saturated rings. The number of methoxy groups -OCH3 is 1. The molecule has 1 aromatic rings. The van der Waals surface area contributed by atoms with Crippen molar-refractivity contribution >= 4 is 8.32 Å². The lowest BCUT2D eigenvalue weighted by atomic mass is 10.1. The van der Waals surface area contributed by atoms with Crippen molar-refractivity contribution in [1.29, 1.82) is 0 Å². The lowest BCUT2D eigenvalue weighted by molar-refractivity contribution is -0.119. The number of rotatable bonds is 10. The minimum atomic E-state index is -2.02. The van der Waals surface area contributed by atoms with Gasteiger partial charge in [-0.05, 0) is 40.4 Å². The van der Waals surface area contributed by atoms with Crippen LogP contribution in [0.25, 0.3) is 0 Å². The Morgan fingerprint density at radius 1 is 1.00 bits per heavy atom. The van der Waals surface area contributed by atoms with Crippen LogP contribution in [0.15, 0.2) is 36.6 Å². The van der Waals surface area contributed by atoms with E-state index >= 15 is 0 Å². The van der Waals surface area contributed by atoms with Gasteiger partial charge in [0.1, 0.15) is 24.1 Å². The van der Waals surface area contributed by atoms with Gasteiger partial charge >= 0.3 is 0 Å². The Balaban J connectivity index is 2.07. The molecule has 164 valence electrons. The van der Waals surface area contributed by atoms with Crippen LogP contribution in [0.3, 0.4) is 0 Å². The predicted molar refractivity (Wildman–Crippen MR) is 119 cm³/mol. The Bertz CT molecular complexity index is 619. The molecule has 0 radical (unpaired) electrons. The molecule has 1 aliphatic rings. The Labute approximate surface area is 177 Å². The summed E-state index contributed by atoms with van der Waals surface area (Å²) in [4.78, 5) is 0. The van der Waals surface area contributed by atoms with Crippen LogP contribution in [0.1, 0.15) is 47.1 Å². The Kier molecular flexibility index (Phi) is 8.76. The second-order valence-corrected chi connectivity index (χ2v) is 14.2. The van der Waals surface area contributed by atoms with E-state index in [1.165, 1.54) is 0 Å². The summed E-state index contributed by atoms with van der Waals surface area (Å²) < 4.78 is 23.8. The van der Waals surface area contributed by atoms with E-state index in [1.54, 1.807) is 19.4 Å². The molecule has 3 atom stereocenters. The molecule has 0 bridgehead atoms. The average molecular weight is 423 g/mol. The van der Waals surface area contributed by atoms with Crippen molar-refractivity contribution < 1.29 is 23.7 Å². The zero-order valence-corrected chi connectivity index (χ0v) is 19.9. The summed E-state index contributed by atoms with van der Waals surface area (Å²) in [6, 6.07) is 7.73. The molecule has 5 nitrogen and oxygen atoms in total. The zero-order valence-electron chi connectivity index (χ0n) is 18.9. The molecule has 29 heavy (non-hydrogen) atoms. The van der Waals surface area contributed by atoms with Crippen LogP contribution >= 0.6 is 0 Å². The van der Waals surface area contributed by atoms with Gasteiger partial charge in [-0.15, -0.1) is 0 Å². The van der Waals surface area contributed by atoms with Gasteiger partial charge in [-0.3, -0.25) is 0 Å². The van der Waals surface area contributed by atoms with E-state index in [4.69, 9.17) is 18.6 Å². The topological polar surface area (TPSA) is 57.2 Å². The van der Waals surface area contributed by atoms with Gasteiger partial charge in [0.25, 0.3) is 0 Å². The standard InChI is InChI=1S/C23H38O5Si/c1-16(2)29(17(3)4,18(5)6)28-15-22-23(21(24)12-13-26-22)27-14-19-8-10-20(25-7)11-9-19/h8-13,16-18,21-24H,14-15H2,1-7H3/t21-,22?,23-/m1/s1. The Hall–Kier alpha value is -1.34. The predicted octanol–water partition coefficient (Wildman–Crippen LogP) is 5.05. The number of hydrogen-bond acceptors (Lipinski definition) is 5. The highest BCUT2D eigenvalue weighted by atomic mass is 28.4. The summed E-state index contributed by atoms with van der Waals surface area (Å²) >= 11 is 0. The van der Waals surface area contributed by atoms with Crippen molar-refractivity contribution in [3.8, 4) is 5.75 Å². The summed E-state index contributed by atoms with van der Waals surface area (Å²) in [5.41, 5.74) is 2.49. The minimum absolute atomic E-state index is 0.337. The monoisotopic (exact) mass is 422 g/mol. The van der Waals surface area contributed by atoms with E-state index in [9.17, 15) is 5.11 Å². The Morgan fingerprint density at radius 2 is 1.59 bits per heavy atom. The quantitative estimate of drug-likeness (QED) is 0.535. The molecule has 0 aliphatic carbocycles.